The number of aliphatic carboxylic acids is 1. The molecular formula is C25H21ClFNO5. The Morgan fingerprint density at radius 1 is 1.06 bits per heavy atom. The average molecular weight is 470 g/mol. The van der Waals surface area contributed by atoms with E-state index in [9.17, 15) is 19.1 Å². The summed E-state index contributed by atoms with van der Waals surface area (Å²) in [5.74, 6) is -1.65. The van der Waals surface area contributed by atoms with Gasteiger partial charge in [-0.3, -0.25) is 4.79 Å². The minimum absolute atomic E-state index is 0.128. The second-order valence-corrected chi connectivity index (χ2v) is 7.27. The SMILES string of the molecule is CCOc1cc(C=C(NC(=O)c2ccccc2)C(=O)O)cc(Cl)c1OCc1ccc(F)cc1. The Morgan fingerprint density at radius 2 is 1.76 bits per heavy atom. The minimum atomic E-state index is -1.31. The van der Waals surface area contributed by atoms with Crippen LogP contribution < -0.4 is 14.8 Å². The molecule has 6 nitrogen and oxygen atoms in total. The molecule has 0 aliphatic rings. The molecule has 0 bridgehead atoms. The number of hydrogen-bond acceptors (Lipinski definition) is 4. The lowest BCUT2D eigenvalue weighted by Gasteiger charge is -2.15. The zero-order valence-corrected chi connectivity index (χ0v) is 18.4. The van der Waals surface area contributed by atoms with E-state index in [4.69, 9.17) is 21.1 Å². The maximum atomic E-state index is 13.1. The van der Waals surface area contributed by atoms with Crippen LogP contribution in [0.15, 0.2) is 72.4 Å². The average Bonchev–Trinajstić information content (AvgIpc) is 2.80. The fourth-order valence-corrected chi connectivity index (χ4v) is 3.19. The van der Waals surface area contributed by atoms with Crippen LogP contribution in [0.4, 0.5) is 4.39 Å². The number of hydrogen-bond donors (Lipinski definition) is 2. The first-order chi connectivity index (χ1) is 15.9. The van der Waals surface area contributed by atoms with Crippen molar-refractivity contribution in [1.29, 1.82) is 0 Å². The molecule has 0 radical (unpaired) electrons. The summed E-state index contributed by atoms with van der Waals surface area (Å²) in [6.45, 7) is 2.22. The molecule has 3 aromatic rings. The number of benzene rings is 3. The van der Waals surface area contributed by atoms with Crippen molar-refractivity contribution < 1.29 is 28.6 Å². The third kappa shape index (κ3) is 6.57. The second kappa shape index (κ2) is 11.2. The van der Waals surface area contributed by atoms with E-state index < -0.39 is 11.9 Å². The molecule has 3 rings (SSSR count). The summed E-state index contributed by atoms with van der Waals surface area (Å²) in [7, 11) is 0. The van der Waals surface area contributed by atoms with Gasteiger partial charge >= 0.3 is 5.97 Å². The lowest BCUT2D eigenvalue weighted by molar-refractivity contribution is -0.132. The van der Waals surface area contributed by atoms with Gasteiger partial charge in [-0.1, -0.05) is 41.9 Å². The molecule has 170 valence electrons. The van der Waals surface area contributed by atoms with Crippen molar-refractivity contribution in [3.8, 4) is 11.5 Å². The number of amides is 1. The first-order valence-electron chi connectivity index (χ1n) is 10.0. The van der Waals surface area contributed by atoms with Gasteiger partial charge in [0.2, 0.25) is 0 Å². The number of carbonyl (C=O) groups is 2. The molecule has 0 saturated carbocycles. The fourth-order valence-electron chi connectivity index (χ4n) is 2.91. The van der Waals surface area contributed by atoms with Gasteiger partial charge in [-0.15, -0.1) is 0 Å². The summed E-state index contributed by atoms with van der Waals surface area (Å²) in [6.07, 6.45) is 1.28. The number of halogens is 2. The zero-order chi connectivity index (χ0) is 23.8. The van der Waals surface area contributed by atoms with Gasteiger partial charge in [0.05, 0.1) is 11.6 Å². The number of ether oxygens (including phenoxy) is 2. The lowest BCUT2D eigenvalue weighted by atomic mass is 10.1. The molecule has 0 aromatic heterocycles. The quantitative estimate of drug-likeness (QED) is 0.415. The smallest absolute Gasteiger partial charge is 0.352 e. The van der Waals surface area contributed by atoms with Crippen LogP contribution in [0.3, 0.4) is 0 Å². The summed E-state index contributed by atoms with van der Waals surface area (Å²) in [5.41, 5.74) is 1.11. The Kier molecular flexibility index (Phi) is 8.05. The molecule has 0 spiro atoms. The third-order valence-electron chi connectivity index (χ3n) is 4.45. The highest BCUT2D eigenvalue weighted by atomic mass is 35.5. The van der Waals surface area contributed by atoms with Crippen molar-refractivity contribution in [2.75, 3.05) is 6.61 Å². The number of carbonyl (C=O) groups excluding carboxylic acids is 1. The van der Waals surface area contributed by atoms with Crippen LogP contribution >= 0.6 is 11.6 Å². The number of carboxylic acids is 1. The lowest BCUT2D eigenvalue weighted by Crippen LogP contribution is -2.27. The van der Waals surface area contributed by atoms with Crippen LogP contribution in [0, 0.1) is 5.82 Å². The number of carboxylic acid groups (broad SMARTS) is 1. The summed E-state index contributed by atoms with van der Waals surface area (Å²) in [5, 5.41) is 12.1. The first-order valence-corrected chi connectivity index (χ1v) is 10.4. The van der Waals surface area contributed by atoms with E-state index in [0.29, 0.717) is 23.5 Å². The molecular weight excluding hydrogens is 449 g/mol. The van der Waals surface area contributed by atoms with Crippen LogP contribution in [-0.4, -0.2) is 23.6 Å². The highest BCUT2D eigenvalue weighted by molar-refractivity contribution is 6.32. The highest BCUT2D eigenvalue weighted by Crippen LogP contribution is 2.37. The van der Waals surface area contributed by atoms with E-state index in [2.05, 4.69) is 5.32 Å². The summed E-state index contributed by atoms with van der Waals surface area (Å²) >= 11 is 6.40. The van der Waals surface area contributed by atoms with Crippen molar-refractivity contribution in [1.82, 2.24) is 5.32 Å². The Bertz CT molecular complexity index is 1160. The van der Waals surface area contributed by atoms with Gasteiger partial charge in [0.25, 0.3) is 5.91 Å². The normalized spacial score (nSPS) is 11.1. The van der Waals surface area contributed by atoms with Crippen molar-refractivity contribution in [3.63, 3.8) is 0 Å². The molecule has 0 aliphatic carbocycles. The van der Waals surface area contributed by atoms with E-state index >= 15 is 0 Å². The van der Waals surface area contributed by atoms with Crippen molar-refractivity contribution >= 4 is 29.6 Å². The largest absolute Gasteiger partial charge is 0.490 e. The van der Waals surface area contributed by atoms with Crippen LogP contribution in [0.2, 0.25) is 5.02 Å². The molecule has 33 heavy (non-hydrogen) atoms. The zero-order valence-electron chi connectivity index (χ0n) is 17.7. The molecule has 0 unspecified atom stereocenters. The molecule has 3 aromatic carbocycles. The van der Waals surface area contributed by atoms with Gasteiger partial charge in [0, 0.05) is 5.56 Å². The molecule has 0 saturated heterocycles. The van der Waals surface area contributed by atoms with Gasteiger partial charge in [-0.2, -0.15) is 0 Å². The van der Waals surface area contributed by atoms with E-state index in [0.717, 1.165) is 5.56 Å². The molecule has 0 atom stereocenters. The second-order valence-electron chi connectivity index (χ2n) is 6.86. The molecule has 1 amide bonds. The maximum absolute atomic E-state index is 13.1. The molecule has 0 aliphatic heterocycles. The Hall–Kier alpha value is -3.84. The molecule has 2 N–H and O–H groups in total. The van der Waals surface area contributed by atoms with Gasteiger partial charge < -0.3 is 19.9 Å². The standard InChI is InChI=1S/C25H21ClFNO5/c1-2-32-22-14-17(12-20(26)23(22)33-15-16-8-10-19(27)11-9-16)13-21(25(30)31)28-24(29)18-6-4-3-5-7-18/h3-14H,2,15H2,1H3,(H,28,29)(H,30,31). The highest BCUT2D eigenvalue weighted by Gasteiger charge is 2.16. The first kappa shape index (κ1) is 23.8. The van der Waals surface area contributed by atoms with Crippen LogP contribution in [0.5, 0.6) is 11.5 Å². The van der Waals surface area contributed by atoms with Gasteiger partial charge in [0.1, 0.15) is 18.1 Å². The van der Waals surface area contributed by atoms with Crippen LogP contribution in [0.25, 0.3) is 6.08 Å². The van der Waals surface area contributed by atoms with Crippen molar-refractivity contribution in [2.45, 2.75) is 13.5 Å². The van der Waals surface area contributed by atoms with E-state index in [-0.39, 0.29) is 28.9 Å². The predicted octanol–water partition coefficient (Wildman–Crippen LogP) is 5.31. The van der Waals surface area contributed by atoms with Gasteiger partial charge in [-0.25, -0.2) is 9.18 Å². The summed E-state index contributed by atoms with van der Waals surface area (Å²) in [4.78, 5) is 24.1. The van der Waals surface area contributed by atoms with Crippen molar-refractivity contribution in [2.24, 2.45) is 0 Å². The monoisotopic (exact) mass is 469 g/mol. The van der Waals surface area contributed by atoms with E-state index in [1.807, 2.05) is 0 Å². The minimum Gasteiger partial charge on any atom is -0.490 e. The maximum Gasteiger partial charge on any atom is 0.352 e. The molecule has 8 heteroatoms. The molecule has 0 heterocycles. The Morgan fingerprint density at radius 3 is 2.39 bits per heavy atom. The Balaban J connectivity index is 1.86. The van der Waals surface area contributed by atoms with Gasteiger partial charge in [-0.05, 0) is 60.5 Å². The van der Waals surface area contributed by atoms with Gasteiger partial charge in [0.15, 0.2) is 11.5 Å². The fraction of sp³-hybridized carbons (Fsp3) is 0.120. The van der Waals surface area contributed by atoms with Crippen LogP contribution in [0.1, 0.15) is 28.4 Å². The topological polar surface area (TPSA) is 84.9 Å². The number of nitrogens with one attached hydrogen (secondary N) is 1. The predicted molar refractivity (Wildman–Crippen MR) is 123 cm³/mol. The summed E-state index contributed by atoms with van der Waals surface area (Å²) in [6, 6.07) is 17.2. The van der Waals surface area contributed by atoms with Crippen LogP contribution in [-0.2, 0) is 11.4 Å². The number of rotatable bonds is 9. The Labute approximate surface area is 195 Å². The van der Waals surface area contributed by atoms with Crippen molar-refractivity contribution in [3.05, 3.63) is 100.0 Å². The molecule has 0 fully saturated rings. The van der Waals surface area contributed by atoms with E-state index in [1.54, 1.807) is 55.5 Å². The van der Waals surface area contributed by atoms with E-state index in [1.165, 1.54) is 24.3 Å². The summed E-state index contributed by atoms with van der Waals surface area (Å²) < 4.78 is 24.5. The third-order valence-corrected chi connectivity index (χ3v) is 4.73.